The lowest BCUT2D eigenvalue weighted by Gasteiger charge is -2.19. The zero-order valence-electron chi connectivity index (χ0n) is 12.5. The van der Waals surface area contributed by atoms with Crippen LogP contribution in [0.4, 0.5) is 0 Å². The van der Waals surface area contributed by atoms with E-state index in [4.69, 9.17) is 4.74 Å². The molecule has 1 atom stereocenters. The summed E-state index contributed by atoms with van der Waals surface area (Å²) in [4.78, 5) is 0. The van der Waals surface area contributed by atoms with Crippen molar-refractivity contribution in [3.05, 3.63) is 30.3 Å². The number of hydrogen-bond acceptors (Lipinski definition) is 2. The van der Waals surface area contributed by atoms with Crippen LogP contribution in [0.2, 0.25) is 0 Å². The molecule has 0 radical (unpaired) electrons. The van der Waals surface area contributed by atoms with E-state index in [9.17, 15) is 0 Å². The highest BCUT2D eigenvalue weighted by Gasteiger charge is 2.08. The predicted molar refractivity (Wildman–Crippen MR) is 82.8 cm³/mol. The number of nitrogens with one attached hydrogen (secondary N) is 1. The first kappa shape index (κ1) is 16.0. The number of ether oxygens (including phenoxy) is 1. The summed E-state index contributed by atoms with van der Waals surface area (Å²) in [5.41, 5.74) is 0. The Labute approximate surface area is 118 Å². The largest absolute Gasteiger partial charge is 0.492 e. The van der Waals surface area contributed by atoms with E-state index >= 15 is 0 Å². The van der Waals surface area contributed by atoms with Crippen LogP contribution in [-0.2, 0) is 0 Å². The highest BCUT2D eigenvalue weighted by Crippen LogP contribution is 2.11. The quantitative estimate of drug-likeness (QED) is 0.597. The number of benzene rings is 1. The second-order valence-electron chi connectivity index (χ2n) is 5.12. The van der Waals surface area contributed by atoms with Crippen molar-refractivity contribution < 1.29 is 4.74 Å². The van der Waals surface area contributed by atoms with Crippen LogP contribution in [0.3, 0.4) is 0 Å². The van der Waals surface area contributed by atoms with Gasteiger partial charge in [0, 0.05) is 6.04 Å². The van der Waals surface area contributed by atoms with E-state index in [2.05, 4.69) is 19.2 Å². The van der Waals surface area contributed by atoms with Crippen LogP contribution in [0.5, 0.6) is 5.75 Å². The van der Waals surface area contributed by atoms with E-state index in [1.54, 1.807) is 0 Å². The summed E-state index contributed by atoms with van der Waals surface area (Å²) in [6, 6.07) is 10.6. The van der Waals surface area contributed by atoms with Crippen LogP contribution >= 0.6 is 0 Å². The zero-order chi connectivity index (χ0) is 13.8. The van der Waals surface area contributed by atoms with E-state index in [0.717, 1.165) is 18.9 Å². The highest BCUT2D eigenvalue weighted by molar-refractivity contribution is 5.20. The molecule has 0 aliphatic heterocycles. The van der Waals surface area contributed by atoms with Crippen molar-refractivity contribution in [2.24, 2.45) is 0 Å². The van der Waals surface area contributed by atoms with Gasteiger partial charge in [-0.2, -0.15) is 0 Å². The van der Waals surface area contributed by atoms with Crippen LogP contribution in [0.15, 0.2) is 30.3 Å². The average Bonchev–Trinajstić information content (AvgIpc) is 2.46. The summed E-state index contributed by atoms with van der Waals surface area (Å²) in [7, 11) is 0. The van der Waals surface area contributed by atoms with Gasteiger partial charge in [-0.15, -0.1) is 0 Å². The van der Waals surface area contributed by atoms with Crippen LogP contribution in [0, 0.1) is 0 Å². The van der Waals surface area contributed by atoms with Crippen molar-refractivity contribution in [1.29, 1.82) is 0 Å². The summed E-state index contributed by atoms with van der Waals surface area (Å²) in [5, 5.41) is 3.59. The molecule has 0 saturated heterocycles. The molecule has 19 heavy (non-hydrogen) atoms. The third kappa shape index (κ3) is 7.89. The van der Waals surface area contributed by atoms with E-state index < -0.39 is 0 Å². The molecule has 0 heterocycles. The Morgan fingerprint density at radius 1 is 1.00 bits per heavy atom. The molecule has 0 amide bonds. The predicted octanol–water partition coefficient (Wildman–Crippen LogP) is 4.40. The molecule has 1 aromatic carbocycles. The van der Waals surface area contributed by atoms with Gasteiger partial charge in [0.25, 0.3) is 0 Å². The minimum absolute atomic E-state index is 0.483. The standard InChI is InChI=1S/C17H29NO/c1-3-5-6-8-11-16(18-14-4-2)15-19-17-12-9-7-10-13-17/h7,9-10,12-13,16,18H,3-6,8,11,14-15H2,1-2H3. The molecule has 1 N–H and O–H groups in total. The Kier molecular flexibility index (Phi) is 9.17. The molecular formula is C17H29NO. The first-order chi connectivity index (χ1) is 9.36. The van der Waals surface area contributed by atoms with Gasteiger partial charge < -0.3 is 10.1 Å². The summed E-state index contributed by atoms with van der Waals surface area (Å²) >= 11 is 0. The van der Waals surface area contributed by atoms with Crippen molar-refractivity contribution in [1.82, 2.24) is 5.32 Å². The molecule has 0 fully saturated rings. The Morgan fingerprint density at radius 3 is 2.47 bits per heavy atom. The summed E-state index contributed by atoms with van der Waals surface area (Å²) in [6.45, 7) is 6.32. The van der Waals surface area contributed by atoms with Gasteiger partial charge >= 0.3 is 0 Å². The SMILES string of the molecule is CCCCCCC(COc1ccccc1)NCCC. The van der Waals surface area contributed by atoms with E-state index in [-0.39, 0.29) is 0 Å². The molecule has 0 saturated carbocycles. The van der Waals surface area contributed by atoms with Gasteiger partial charge in [-0.1, -0.05) is 57.7 Å². The molecule has 108 valence electrons. The molecule has 0 spiro atoms. The van der Waals surface area contributed by atoms with E-state index in [1.807, 2.05) is 30.3 Å². The van der Waals surface area contributed by atoms with Gasteiger partial charge in [-0.05, 0) is 31.5 Å². The number of rotatable bonds is 11. The Bertz CT molecular complexity index is 299. The van der Waals surface area contributed by atoms with Gasteiger partial charge in [-0.3, -0.25) is 0 Å². The van der Waals surface area contributed by atoms with E-state index in [0.29, 0.717) is 6.04 Å². The molecule has 0 aliphatic carbocycles. The van der Waals surface area contributed by atoms with Crippen molar-refractivity contribution >= 4 is 0 Å². The minimum Gasteiger partial charge on any atom is -0.492 e. The van der Waals surface area contributed by atoms with Crippen LogP contribution in [-0.4, -0.2) is 19.2 Å². The fourth-order valence-corrected chi connectivity index (χ4v) is 2.12. The normalized spacial score (nSPS) is 12.3. The van der Waals surface area contributed by atoms with Gasteiger partial charge in [0.1, 0.15) is 12.4 Å². The molecule has 1 aromatic rings. The Balaban J connectivity index is 2.27. The maximum absolute atomic E-state index is 5.86. The Hall–Kier alpha value is -1.02. The zero-order valence-corrected chi connectivity index (χ0v) is 12.5. The lowest BCUT2D eigenvalue weighted by molar-refractivity contribution is 0.253. The van der Waals surface area contributed by atoms with Gasteiger partial charge in [0.15, 0.2) is 0 Å². The molecule has 2 heteroatoms. The third-order valence-electron chi connectivity index (χ3n) is 3.28. The highest BCUT2D eigenvalue weighted by atomic mass is 16.5. The molecule has 1 rings (SSSR count). The lowest BCUT2D eigenvalue weighted by atomic mass is 10.1. The van der Waals surface area contributed by atoms with Crippen molar-refractivity contribution in [3.8, 4) is 5.75 Å². The van der Waals surface area contributed by atoms with E-state index in [1.165, 1.54) is 38.5 Å². The van der Waals surface area contributed by atoms with Crippen molar-refractivity contribution in [2.75, 3.05) is 13.2 Å². The molecule has 1 unspecified atom stereocenters. The number of para-hydroxylation sites is 1. The second-order valence-corrected chi connectivity index (χ2v) is 5.12. The van der Waals surface area contributed by atoms with Gasteiger partial charge in [0.2, 0.25) is 0 Å². The minimum atomic E-state index is 0.483. The first-order valence-electron chi connectivity index (χ1n) is 7.78. The van der Waals surface area contributed by atoms with Crippen LogP contribution in [0.1, 0.15) is 52.4 Å². The number of unbranched alkanes of at least 4 members (excludes halogenated alkanes) is 3. The number of hydrogen-bond donors (Lipinski definition) is 1. The maximum atomic E-state index is 5.86. The molecule has 0 aromatic heterocycles. The summed E-state index contributed by atoms with van der Waals surface area (Å²) in [6.07, 6.45) is 7.68. The van der Waals surface area contributed by atoms with Crippen LogP contribution < -0.4 is 10.1 Å². The smallest absolute Gasteiger partial charge is 0.119 e. The average molecular weight is 263 g/mol. The van der Waals surface area contributed by atoms with Crippen molar-refractivity contribution in [3.63, 3.8) is 0 Å². The van der Waals surface area contributed by atoms with Gasteiger partial charge in [-0.25, -0.2) is 0 Å². The van der Waals surface area contributed by atoms with Crippen LogP contribution in [0.25, 0.3) is 0 Å². The second kappa shape index (κ2) is 10.9. The topological polar surface area (TPSA) is 21.3 Å². The monoisotopic (exact) mass is 263 g/mol. The summed E-state index contributed by atoms with van der Waals surface area (Å²) < 4.78 is 5.86. The summed E-state index contributed by atoms with van der Waals surface area (Å²) in [5.74, 6) is 0.972. The van der Waals surface area contributed by atoms with Gasteiger partial charge in [0.05, 0.1) is 0 Å². The third-order valence-corrected chi connectivity index (χ3v) is 3.28. The molecule has 0 aliphatic rings. The molecule has 0 bridgehead atoms. The molecular weight excluding hydrogens is 234 g/mol. The maximum Gasteiger partial charge on any atom is 0.119 e. The lowest BCUT2D eigenvalue weighted by Crippen LogP contribution is -2.35. The molecule has 2 nitrogen and oxygen atoms in total. The fraction of sp³-hybridized carbons (Fsp3) is 0.647. The fourth-order valence-electron chi connectivity index (χ4n) is 2.12. The van der Waals surface area contributed by atoms with Crippen molar-refractivity contribution in [2.45, 2.75) is 58.4 Å². The Morgan fingerprint density at radius 2 is 1.79 bits per heavy atom. The first-order valence-corrected chi connectivity index (χ1v) is 7.78.